The van der Waals surface area contributed by atoms with E-state index in [1.807, 2.05) is 6.92 Å². The van der Waals surface area contributed by atoms with Crippen molar-refractivity contribution < 1.29 is 13.2 Å². The lowest BCUT2D eigenvalue weighted by Crippen LogP contribution is -2.39. The molecule has 0 aromatic carbocycles. The molecule has 0 bridgehead atoms. The fourth-order valence-electron chi connectivity index (χ4n) is 1.25. The summed E-state index contributed by atoms with van der Waals surface area (Å²) in [5.41, 5.74) is 0. The van der Waals surface area contributed by atoms with Crippen LogP contribution in [0.2, 0.25) is 0 Å². The number of hydrogen-bond acceptors (Lipinski definition) is 3. The molecule has 78 valence electrons. The number of unbranched alkanes of at least 4 members (excludes halogenated alkanes) is 1. The Morgan fingerprint density at radius 1 is 1.46 bits per heavy atom. The largest absolute Gasteiger partial charge is 0.365 e. The van der Waals surface area contributed by atoms with E-state index in [1.165, 1.54) is 4.31 Å². The van der Waals surface area contributed by atoms with Crippen molar-refractivity contribution in [3.05, 3.63) is 0 Å². The molecule has 1 saturated heterocycles. The summed E-state index contributed by atoms with van der Waals surface area (Å²) in [6, 6.07) is 0. The van der Waals surface area contributed by atoms with E-state index in [2.05, 4.69) is 0 Å². The normalized spacial score (nSPS) is 20.4. The predicted molar refractivity (Wildman–Crippen MR) is 50.8 cm³/mol. The highest BCUT2D eigenvalue weighted by Crippen LogP contribution is 2.09. The molecule has 0 spiro atoms. The Morgan fingerprint density at radius 2 is 2.23 bits per heavy atom. The first-order valence-electron chi connectivity index (χ1n) is 4.72. The minimum atomic E-state index is -3.04. The second-order valence-electron chi connectivity index (χ2n) is 3.24. The van der Waals surface area contributed by atoms with Gasteiger partial charge in [0.1, 0.15) is 6.73 Å². The molecule has 1 heterocycles. The van der Waals surface area contributed by atoms with Crippen molar-refractivity contribution in [3.8, 4) is 0 Å². The maximum absolute atomic E-state index is 11.6. The second-order valence-corrected chi connectivity index (χ2v) is 5.32. The Labute approximate surface area is 79.9 Å². The third kappa shape index (κ3) is 3.25. The molecule has 1 rings (SSSR count). The molecule has 4 nitrogen and oxygen atoms in total. The van der Waals surface area contributed by atoms with Crippen LogP contribution in [0.4, 0.5) is 0 Å². The van der Waals surface area contributed by atoms with Crippen LogP contribution in [0.25, 0.3) is 0 Å². The van der Waals surface area contributed by atoms with Crippen molar-refractivity contribution in [2.24, 2.45) is 0 Å². The zero-order valence-corrected chi connectivity index (χ0v) is 8.85. The average Bonchev–Trinajstić information content (AvgIpc) is 2.16. The van der Waals surface area contributed by atoms with E-state index in [9.17, 15) is 8.42 Å². The van der Waals surface area contributed by atoms with Crippen LogP contribution in [-0.2, 0) is 14.8 Å². The summed E-state index contributed by atoms with van der Waals surface area (Å²) in [5, 5.41) is 0. The van der Waals surface area contributed by atoms with Gasteiger partial charge < -0.3 is 4.74 Å². The van der Waals surface area contributed by atoms with Gasteiger partial charge in [0, 0.05) is 13.2 Å². The third-order valence-corrected chi connectivity index (χ3v) is 3.96. The van der Waals surface area contributed by atoms with Crippen molar-refractivity contribution >= 4 is 10.0 Å². The summed E-state index contributed by atoms with van der Waals surface area (Å²) in [5.74, 6) is 0.257. The standard InChI is InChI=1S/C8H17NO3S/c1-2-3-7-13(10,11)9-5-4-6-12-8-9/h2-8H2,1H3. The molecular weight excluding hydrogens is 190 g/mol. The highest BCUT2D eigenvalue weighted by Gasteiger charge is 2.23. The van der Waals surface area contributed by atoms with Crippen molar-refractivity contribution in [3.63, 3.8) is 0 Å². The number of nitrogens with zero attached hydrogens (tertiary/aromatic N) is 1. The summed E-state index contributed by atoms with van der Waals surface area (Å²) in [6.45, 7) is 3.53. The number of sulfonamides is 1. The monoisotopic (exact) mass is 207 g/mol. The Kier molecular flexibility index (Phi) is 4.15. The first-order valence-corrected chi connectivity index (χ1v) is 6.33. The molecule has 0 atom stereocenters. The zero-order valence-electron chi connectivity index (χ0n) is 8.03. The van der Waals surface area contributed by atoms with Crippen LogP contribution in [0, 0.1) is 0 Å². The molecule has 0 saturated carbocycles. The van der Waals surface area contributed by atoms with Crippen molar-refractivity contribution in [2.45, 2.75) is 26.2 Å². The Bertz CT molecular complexity index is 232. The molecule has 1 aliphatic heterocycles. The highest BCUT2D eigenvalue weighted by molar-refractivity contribution is 7.89. The molecule has 0 amide bonds. The van der Waals surface area contributed by atoms with Crippen molar-refractivity contribution in [1.82, 2.24) is 4.31 Å². The van der Waals surface area contributed by atoms with E-state index >= 15 is 0 Å². The minimum Gasteiger partial charge on any atom is -0.365 e. The van der Waals surface area contributed by atoms with Crippen LogP contribution in [-0.4, -0.2) is 38.4 Å². The molecule has 1 fully saturated rings. The van der Waals surface area contributed by atoms with Crippen LogP contribution in [0.15, 0.2) is 0 Å². The van der Waals surface area contributed by atoms with Gasteiger partial charge in [-0.05, 0) is 12.8 Å². The van der Waals surface area contributed by atoms with Gasteiger partial charge in [0.05, 0.1) is 5.75 Å². The lowest BCUT2D eigenvalue weighted by atomic mass is 10.4. The van der Waals surface area contributed by atoms with E-state index in [1.54, 1.807) is 0 Å². The molecule has 0 unspecified atom stereocenters. The fourth-order valence-corrected chi connectivity index (χ4v) is 2.80. The van der Waals surface area contributed by atoms with Gasteiger partial charge in [-0.3, -0.25) is 0 Å². The SMILES string of the molecule is CCCCS(=O)(=O)N1CCCOC1. The molecule has 0 aromatic rings. The van der Waals surface area contributed by atoms with Gasteiger partial charge in [-0.25, -0.2) is 8.42 Å². The predicted octanol–water partition coefficient (Wildman–Crippen LogP) is 0.796. The molecule has 1 aliphatic rings. The summed E-state index contributed by atoms with van der Waals surface area (Å²) in [6.07, 6.45) is 2.46. The van der Waals surface area contributed by atoms with E-state index in [0.29, 0.717) is 13.2 Å². The van der Waals surface area contributed by atoms with Gasteiger partial charge >= 0.3 is 0 Å². The summed E-state index contributed by atoms with van der Waals surface area (Å²) < 4.78 is 29.7. The molecule has 0 radical (unpaired) electrons. The van der Waals surface area contributed by atoms with E-state index in [0.717, 1.165) is 19.3 Å². The number of hydrogen-bond donors (Lipinski definition) is 0. The molecule has 0 aliphatic carbocycles. The molecular formula is C8H17NO3S. The Balaban J connectivity index is 2.47. The second kappa shape index (κ2) is 4.93. The van der Waals surface area contributed by atoms with E-state index in [4.69, 9.17) is 4.74 Å². The fraction of sp³-hybridized carbons (Fsp3) is 1.00. The average molecular weight is 207 g/mol. The summed E-state index contributed by atoms with van der Waals surface area (Å²) in [7, 11) is -3.04. The highest BCUT2D eigenvalue weighted by atomic mass is 32.2. The smallest absolute Gasteiger partial charge is 0.216 e. The summed E-state index contributed by atoms with van der Waals surface area (Å²) in [4.78, 5) is 0. The van der Waals surface area contributed by atoms with Crippen LogP contribution < -0.4 is 0 Å². The molecule has 0 N–H and O–H groups in total. The summed E-state index contributed by atoms with van der Waals surface area (Å²) >= 11 is 0. The van der Waals surface area contributed by atoms with Gasteiger partial charge in [0.25, 0.3) is 0 Å². The molecule has 13 heavy (non-hydrogen) atoms. The molecule has 5 heteroatoms. The number of ether oxygens (including phenoxy) is 1. The quantitative estimate of drug-likeness (QED) is 0.685. The number of rotatable bonds is 4. The van der Waals surface area contributed by atoms with Gasteiger partial charge in [0.15, 0.2) is 0 Å². The van der Waals surface area contributed by atoms with Gasteiger partial charge in [-0.1, -0.05) is 13.3 Å². The zero-order chi connectivity index (χ0) is 9.73. The van der Waals surface area contributed by atoms with Crippen molar-refractivity contribution in [1.29, 1.82) is 0 Å². The van der Waals surface area contributed by atoms with Gasteiger partial charge in [-0.2, -0.15) is 4.31 Å². The first kappa shape index (κ1) is 10.9. The lowest BCUT2D eigenvalue weighted by Gasteiger charge is -2.25. The van der Waals surface area contributed by atoms with Crippen molar-refractivity contribution in [2.75, 3.05) is 25.6 Å². The van der Waals surface area contributed by atoms with Crippen LogP contribution in [0.1, 0.15) is 26.2 Å². The molecule has 0 aromatic heterocycles. The third-order valence-electron chi connectivity index (χ3n) is 2.08. The van der Waals surface area contributed by atoms with Crippen LogP contribution in [0.5, 0.6) is 0 Å². The maximum atomic E-state index is 11.6. The topological polar surface area (TPSA) is 46.6 Å². The van der Waals surface area contributed by atoms with Gasteiger partial charge in [0.2, 0.25) is 10.0 Å². The Morgan fingerprint density at radius 3 is 2.77 bits per heavy atom. The van der Waals surface area contributed by atoms with Crippen LogP contribution in [0.3, 0.4) is 0 Å². The van der Waals surface area contributed by atoms with E-state index < -0.39 is 10.0 Å². The maximum Gasteiger partial charge on any atom is 0.216 e. The first-order chi connectivity index (χ1) is 6.17. The minimum absolute atomic E-state index is 0.242. The van der Waals surface area contributed by atoms with Crippen LogP contribution >= 0.6 is 0 Å². The van der Waals surface area contributed by atoms with Gasteiger partial charge in [-0.15, -0.1) is 0 Å². The lowest BCUT2D eigenvalue weighted by molar-refractivity contribution is 0.0313. The Hall–Kier alpha value is -0.130. The van der Waals surface area contributed by atoms with E-state index in [-0.39, 0.29) is 12.5 Å².